The smallest absolute Gasteiger partial charge is 0.0875 e. The Morgan fingerprint density at radius 3 is 3.36 bits per heavy atom. The normalized spacial score (nSPS) is 21.4. The zero-order chi connectivity index (χ0) is 7.68. The van der Waals surface area contributed by atoms with Gasteiger partial charge < -0.3 is 4.98 Å². The van der Waals surface area contributed by atoms with Crippen LogP contribution in [-0.2, 0) is 0 Å². The lowest BCUT2D eigenvalue weighted by molar-refractivity contribution is 0.990. The summed E-state index contributed by atoms with van der Waals surface area (Å²) in [4.78, 5) is 7.39. The van der Waals surface area contributed by atoms with Crippen LogP contribution in [0.25, 0.3) is 6.08 Å². The van der Waals surface area contributed by atoms with Crippen molar-refractivity contribution in [1.82, 2.24) is 4.98 Å². The predicted octanol–water partition coefficient (Wildman–Crippen LogP) is 0.578. The summed E-state index contributed by atoms with van der Waals surface area (Å²) in [7, 11) is 0. The average molecular weight is 146 g/mol. The van der Waals surface area contributed by atoms with Gasteiger partial charge in [0, 0.05) is 12.4 Å². The van der Waals surface area contributed by atoms with Crippen LogP contribution in [-0.4, -0.2) is 4.98 Å². The Bertz CT molecular complexity index is 384. The molecule has 56 valence electrons. The minimum atomic E-state index is 0.471. The lowest BCUT2D eigenvalue weighted by Gasteiger charge is -1.91. The summed E-state index contributed by atoms with van der Waals surface area (Å²) < 4.78 is 0. The lowest BCUT2D eigenvalue weighted by Crippen LogP contribution is -2.21. The summed E-state index contributed by atoms with van der Waals surface area (Å²) in [5, 5.41) is 2.16. The van der Waals surface area contributed by atoms with Gasteiger partial charge in [-0.3, -0.25) is 4.99 Å². The molecule has 1 aliphatic rings. The summed E-state index contributed by atoms with van der Waals surface area (Å²) in [5.74, 6) is 0.471. The van der Waals surface area contributed by atoms with Crippen molar-refractivity contribution in [3.8, 4) is 0 Å². The molecule has 1 N–H and O–H groups in total. The number of allylic oxidation sites excluding steroid dienone is 1. The molecule has 0 spiro atoms. The van der Waals surface area contributed by atoms with Crippen LogP contribution < -0.4 is 10.7 Å². The SMILES string of the molecule is CC1C=CN=c2cc[nH]c2=C1. The van der Waals surface area contributed by atoms with Gasteiger partial charge in [-0.25, -0.2) is 0 Å². The van der Waals surface area contributed by atoms with Crippen LogP contribution in [0, 0.1) is 5.92 Å². The van der Waals surface area contributed by atoms with E-state index in [-0.39, 0.29) is 0 Å². The van der Waals surface area contributed by atoms with E-state index in [0.29, 0.717) is 5.92 Å². The molecule has 1 unspecified atom stereocenters. The number of hydrogen-bond donors (Lipinski definition) is 1. The number of rotatable bonds is 0. The molecule has 1 aromatic rings. The van der Waals surface area contributed by atoms with Crippen molar-refractivity contribution in [3.63, 3.8) is 0 Å². The largest absolute Gasteiger partial charge is 0.360 e. The number of nitrogens with zero attached hydrogens (tertiary/aromatic N) is 1. The summed E-state index contributed by atoms with van der Waals surface area (Å²) in [6.45, 7) is 2.14. The van der Waals surface area contributed by atoms with Crippen LogP contribution in [0.15, 0.2) is 29.5 Å². The van der Waals surface area contributed by atoms with E-state index in [9.17, 15) is 0 Å². The minimum absolute atomic E-state index is 0.471. The fourth-order valence-electron chi connectivity index (χ4n) is 1.20. The fourth-order valence-corrected chi connectivity index (χ4v) is 1.20. The Morgan fingerprint density at radius 1 is 1.55 bits per heavy atom. The number of hydrogen-bond acceptors (Lipinski definition) is 1. The van der Waals surface area contributed by atoms with Crippen molar-refractivity contribution >= 4 is 6.08 Å². The van der Waals surface area contributed by atoms with Crippen molar-refractivity contribution in [2.75, 3.05) is 0 Å². The number of fused-ring (bicyclic) bond motifs is 1. The monoisotopic (exact) mass is 146 g/mol. The van der Waals surface area contributed by atoms with Gasteiger partial charge in [-0.05, 0) is 12.0 Å². The molecular formula is C9H10N2. The Hall–Kier alpha value is -1.31. The molecule has 0 bridgehead atoms. The fraction of sp³-hybridized carbons (Fsp3) is 0.222. The molecule has 1 aromatic heterocycles. The first-order valence-corrected chi connectivity index (χ1v) is 3.76. The molecule has 2 heterocycles. The van der Waals surface area contributed by atoms with Crippen LogP contribution in [0.5, 0.6) is 0 Å². The molecule has 2 heteroatoms. The third kappa shape index (κ3) is 1.11. The van der Waals surface area contributed by atoms with E-state index in [0.717, 1.165) is 10.7 Å². The quantitative estimate of drug-likeness (QED) is 0.554. The molecule has 11 heavy (non-hydrogen) atoms. The Kier molecular flexibility index (Phi) is 1.39. The van der Waals surface area contributed by atoms with Crippen molar-refractivity contribution in [1.29, 1.82) is 0 Å². The van der Waals surface area contributed by atoms with E-state index in [4.69, 9.17) is 0 Å². The van der Waals surface area contributed by atoms with Crippen LogP contribution >= 0.6 is 0 Å². The number of nitrogens with one attached hydrogen (secondary N) is 1. The van der Waals surface area contributed by atoms with Crippen LogP contribution in [0.3, 0.4) is 0 Å². The molecule has 2 rings (SSSR count). The van der Waals surface area contributed by atoms with E-state index in [1.165, 1.54) is 0 Å². The average Bonchev–Trinajstić information content (AvgIpc) is 2.31. The number of aromatic nitrogens is 1. The molecule has 0 radical (unpaired) electrons. The summed E-state index contributed by atoms with van der Waals surface area (Å²) >= 11 is 0. The highest BCUT2D eigenvalue weighted by Gasteiger charge is 1.95. The van der Waals surface area contributed by atoms with E-state index >= 15 is 0 Å². The zero-order valence-corrected chi connectivity index (χ0v) is 6.41. The van der Waals surface area contributed by atoms with Gasteiger partial charge in [0.05, 0.1) is 10.7 Å². The summed E-state index contributed by atoms with van der Waals surface area (Å²) in [6, 6.07) is 1.98. The summed E-state index contributed by atoms with van der Waals surface area (Å²) in [5.41, 5.74) is 0. The zero-order valence-electron chi connectivity index (χ0n) is 6.41. The van der Waals surface area contributed by atoms with Gasteiger partial charge in [0.2, 0.25) is 0 Å². The Labute approximate surface area is 65.0 Å². The predicted molar refractivity (Wildman–Crippen MR) is 44.3 cm³/mol. The first kappa shape index (κ1) is 6.40. The number of aromatic amines is 1. The highest BCUT2D eigenvalue weighted by atomic mass is 14.7. The summed E-state index contributed by atoms with van der Waals surface area (Å²) in [6.07, 6.45) is 8.02. The maximum Gasteiger partial charge on any atom is 0.0875 e. The second kappa shape index (κ2) is 2.38. The Morgan fingerprint density at radius 2 is 2.45 bits per heavy atom. The van der Waals surface area contributed by atoms with Gasteiger partial charge in [0.1, 0.15) is 0 Å². The molecular weight excluding hydrogens is 136 g/mol. The molecule has 0 amide bonds. The van der Waals surface area contributed by atoms with Crippen molar-refractivity contribution < 1.29 is 0 Å². The first-order chi connectivity index (χ1) is 5.36. The van der Waals surface area contributed by atoms with Crippen molar-refractivity contribution in [2.24, 2.45) is 10.9 Å². The molecule has 1 atom stereocenters. The van der Waals surface area contributed by atoms with Crippen LogP contribution in [0.4, 0.5) is 0 Å². The molecule has 0 aliphatic carbocycles. The van der Waals surface area contributed by atoms with Gasteiger partial charge in [-0.15, -0.1) is 0 Å². The molecule has 1 aliphatic heterocycles. The minimum Gasteiger partial charge on any atom is -0.360 e. The second-order valence-electron chi connectivity index (χ2n) is 2.77. The number of H-pyrrole nitrogens is 1. The highest BCUT2D eigenvalue weighted by molar-refractivity contribution is 5.28. The molecule has 2 nitrogen and oxygen atoms in total. The third-order valence-corrected chi connectivity index (χ3v) is 1.79. The second-order valence-corrected chi connectivity index (χ2v) is 2.77. The standard InChI is InChI=1S/C9H10N2/c1-7-2-4-10-8-3-5-11-9(8)6-7/h2-7,11H,1H3. The maximum atomic E-state index is 4.25. The van der Waals surface area contributed by atoms with Crippen LogP contribution in [0.1, 0.15) is 6.92 Å². The molecule has 0 fully saturated rings. The van der Waals surface area contributed by atoms with Gasteiger partial charge >= 0.3 is 0 Å². The van der Waals surface area contributed by atoms with Gasteiger partial charge in [0.25, 0.3) is 0 Å². The third-order valence-electron chi connectivity index (χ3n) is 1.79. The van der Waals surface area contributed by atoms with Crippen molar-refractivity contribution in [3.05, 3.63) is 35.2 Å². The molecule has 0 aromatic carbocycles. The topological polar surface area (TPSA) is 28.1 Å². The van der Waals surface area contributed by atoms with E-state index in [2.05, 4.69) is 29.1 Å². The van der Waals surface area contributed by atoms with Gasteiger partial charge in [0.15, 0.2) is 0 Å². The van der Waals surface area contributed by atoms with E-state index in [1.807, 2.05) is 18.5 Å². The molecule has 0 saturated heterocycles. The molecule has 0 saturated carbocycles. The highest BCUT2D eigenvalue weighted by Crippen LogP contribution is 1.98. The lowest BCUT2D eigenvalue weighted by atomic mass is 10.2. The first-order valence-electron chi connectivity index (χ1n) is 3.76. The van der Waals surface area contributed by atoms with Crippen LogP contribution in [0.2, 0.25) is 0 Å². The van der Waals surface area contributed by atoms with E-state index < -0.39 is 0 Å². The van der Waals surface area contributed by atoms with E-state index in [1.54, 1.807) is 0 Å². The van der Waals surface area contributed by atoms with Crippen molar-refractivity contribution in [2.45, 2.75) is 6.92 Å². The maximum absolute atomic E-state index is 4.25. The van der Waals surface area contributed by atoms with Gasteiger partial charge in [-0.2, -0.15) is 0 Å². The Balaban J connectivity index is 2.74. The van der Waals surface area contributed by atoms with Gasteiger partial charge in [-0.1, -0.05) is 19.1 Å².